The van der Waals surface area contributed by atoms with Crippen molar-refractivity contribution in [3.05, 3.63) is 59.0 Å². The number of hydrogen-bond acceptors (Lipinski definition) is 6. The molecule has 26 heavy (non-hydrogen) atoms. The van der Waals surface area contributed by atoms with Gasteiger partial charge in [-0.3, -0.25) is 4.40 Å². The SMILES string of the molecule is Cc1cccc(-c2csc3nnc(SCc4ccc5c(c4)OCO5)n23)c1. The second-order valence-electron chi connectivity index (χ2n) is 6.07. The molecule has 0 N–H and O–H groups in total. The van der Waals surface area contributed by atoms with Crippen molar-refractivity contribution in [1.29, 1.82) is 0 Å². The van der Waals surface area contributed by atoms with Crippen LogP contribution in [0.2, 0.25) is 0 Å². The van der Waals surface area contributed by atoms with E-state index in [1.165, 1.54) is 16.7 Å². The molecule has 0 amide bonds. The third kappa shape index (κ3) is 2.73. The summed E-state index contributed by atoms with van der Waals surface area (Å²) in [5.41, 5.74) is 4.72. The maximum atomic E-state index is 5.46. The van der Waals surface area contributed by atoms with Crippen LogP contribution in [0.15, 0.2) is 53.0 Å². The Kier molecular flexibility index (Phi) is 3.83. The molecule has 5 rings (SSSR count). The summed E-state index contributed by atoms with van der Waals surface area (Å²) in [6.45, 7) is 2.40. The molecule has 2 aromatic heterocycles. The third-order valence-electron chi connectivity index (χ3n) is 4.24. The lowest BCUT2D eigenvalue weighted by atomic mass is 10.1. The maximum Gasteiger partial charge on any atom is 0.231 e. The van der Waals surface area contributed by atoms with Crippen molar-refractivity contribution < 1.29 is 9.47 Å². The van der Waals surface area contributed by atoms with Crippen LogP contribution in [-0.4, -0.2) is 21.4 Å². The Labute approximate surface area is 158 Å². The van der Waals surface area contributed by atoms with Crippen LogP contribution >= 0.6 is 23.1 Å². The quantitative estimate of drug-likeness (QED) is 0.476. The van der Waals surface area contributed by atoms with E-state index in [2.05, 4.69) is 57.2 Å². The number of thiazole rings is 1. The van der Waals surface area contributed by atoms with Gasteiger partial charge in [0, 0.05) is 11.1 Å². The Morgan fingerprint density at radius 2 is 2.04 bits per heavy atom. The van der Waals surface area contributed by atoms with Gasteiger partial charge < -0.3 is 9.47 Å². The number of thioether (sulfide) groups is 1. The largest absolute Gasteiger partial charge is 0.454 e. The molecule has 0 unspecified atom stereocenters. The van der Waals surface area contributed by atoms with E-state index in [9.17, 15) is 0 Å². The molecule has 0 saturated heterocycles. The monoisotopic (exact) mass is 381 g/mol. The highest BCUT2D eigenvalue weighted by Gasteiger charge is 2.16. The van der Waals surface area contributed by atoms with Gasteiger partial charge in [0.15, 0.2) is 16.7 Å². The first-order valence-electron chi connectivity index (χ1n) is 8.19. The third-order valence-corrected chi connectivity index (χ3v) is 6.06. The van der Waals surface area contributed by atoms with Crippen molar-refractivity contribution in [3.8, 4) is 22.8 Å². The first-order valence-corrected chi connectivity index (χ1v) is 10.1. The molecule has 0 radical (unpaired) electrons. The molecule has 5 nitrogen and oxygen atoms in total. The average molecular weight is 381 g/mol. The molecule has 0 bridgehead atoms. The van der Waals surface area contributed by atoms with E-state index in [0.717, 1.165) is 33.1 Å². The van der Waals surface area contributed by atoms with E-state index in [4.69, 9.17) is 9.47 Å². The van der Waals surface area contributed by atoms with Crippen LogP contribution in [0.3, 0.4) is 0 Å². The van der Waals surface area contributed by atoms with Gasteiger partial charge in [-0.2, -0.15) is 0 Å². The van der Waals surface area contributed by atoms with Crippen molar-refractivity contribution in [2.75, 3.05) is 6.79 Å². The van der Waals surface area contributed by atoms with E-state index in [1.54, 1.807) is 23.1 Å². The fourth-order valence-corrected chi connectivity index (χ4v) is 4.76. The molecule has 2 aromatic carbocycles. The van der Waals surface area contributed by atoms with Gasteiger partial charge >= 0.3 is 0 Å². The summed E-state index contributed by atoms with van der Waals surface area (Å²) >= 11 is 3.29. The summed E-state index contributed by atoms with van der Waals surface area (Å²) in [6.07, 6.45) is 0. The highest BCUT2D eigenvalue weighted by Crippen LogP contribution is 2.35. The van der Waals surface area contributed by atoms with Gasteiger partial charge in [0.05, 0.1) is 5.69 Å². The molecule has 130 valence electrons. The number of fused-ring (bicyclic) bond motifs is 2. The minimum Gasteiger partial charge on any atom is -0.454 e. The number of benzene rings is 2. The molecule has 0 fully saturated rings. The normalized spacial score (nSPS) is 12.8. The average Bonchev–Trinajstić information content (AvgIpc) is 3.36. The smallest absolute Gasteiger partial charge is 0.231 e. The van der Waals surface area contributed by atoms with Gasteiger partial charge in [-0.1, -0.05) is 41.6 Å². The van der Waals surface area contributed by atoms with Crippen LogP contribution in [0.25, 0.3) is 16.2 Å². The zero-order valence-corrected chi connectivity index (χ0v) is 15.6. The summed E-state index contributed by atoms with van der Waals surface area (Å²) in [6, 6.07) is 14.6. The topological polar surface area (TPSA) is 48.7 Å². The molecule has 7 heteroatoms. The van der Waals surface area contributed by atoms with Gasteiger partial charge in [0.2, 0.25) is 11.8 Å². The molecular formula is C19H15N3O2S2. The number of rotatable bonds is 4. The fraction of sp³-hybridized carbons (Fsp3) is 0.158. The Morgan fingerprint density at radius 3 is 2.96 bits per heavy atom. The first kappa shape index (κ1) is 15.7. The zero-order chi connectivity index (χ0) is 17.5. The van der Waals surface area contributed by atoms with Crippen LogP contribution in [0.4, 0.5) is 0 Å². The number of hydrogen-bond donors (Lipinski definition) is 0. The van der Waals surface area contributed by atoms with Gasteiger partial charge in [-0.15, -0.1) is 21.5 Å². The molecule has 1 aliphatic heterocycles. The summed E-state index contributed by atoms with van der Waals surface area (Å²) in [5.74, 6) is 2.41. The lowest BCUT2D eigenvalue weighted by molar-refractivity contribution is 0.174. The second kappa shape index (κ2) is 6.34. The van der Waals surface area contributed by atoms with Crippen molar-refractivity contribution in [2.24, 2.45) is 0 Å². The Hall–Kier alpha value is -2.51. The van der Waals surface area contributed by atoms with Crippen LogP contribution in [0.1, 0.15) is 11.1 Å². The molecule has 4 aromatic rings. The van der Waals surface area contributed by atoms with Crippen LogP contribution < -0.4 is 9.47 Å². The van der Waals surface area contributed by atoms with E-state index < -0.39 is 0 Å². The molecule has 0 spiro atoms. The highest BCUT2D eigenvalue weighted by molar-refractivity contribution is 7.98. The van der Waals surface area contributed by atoms with Crippen molar-refractivity contribution in [3.63, 3.8) is 0 Å². The zero-order valence-electron chi connectivity index (χ0n) is 14.0. The lowest BCUT2D eigenvalue weighted by Gasteiger charge is -2.05. The number of nitrogens with zero attached hydrogens (tertiary/aromatic N) is 3. The van der Waals surface area contributed by atoms with Gasteiger partial charge in [0.1, 0.15) is 0 Å². The van der Waals surface area contributed by atoms with E-state index in [-0.39, 0.29) is 0 Å². The molecule has 3 heterocycles. The van der Waals surface area contributed by atoms with E-state index in [1.807, 2.05) is 12.1 Å². The Bertz CT molecular complexity index is 1100. The minimum absolute atomic E-state index is 0.297. The molecule has 0 aliphatic carbocycles. The van der Waals surface area contributed by atoms with Gasteiger partial charge in [-0.25, -0.2) is 0 Å². The molecule has 0 saturated carbocycles. The number of aryl methyl sites for hydroxylation is 1. The Morgan fingerprint density at radius 1 is 1.12 bits per heavy atom. The molecular weight excluding hydrogens is 366 g/mol. The number of aromatic nitrogens is 3. The highest BCUT2D eigenvalue weighted by atomic mass is 32.2. The number of ether oxygens (including phenoxy) is 2. The fourth-order valence-electron chi connectivity index (χ4n) is 2.97. The standard InChI is InChI=1S/C19H15N3O2S2/c1-12-3-2-4-14(7-12)15-10-26-19-21-20-18(22(15)19)25-9-13-5-6-16-17(8-13)24-11-23-16/h2-8,10H,9,11H2,1H3. The predicted octanol–water partition coefficient (Wildman–Crippen LogP) is 4.79. The summed E-state index contributed by atoms with van der Waals surface area (Å²) < 4.78 is 13.0. The minimum atomic E-state index is 0.297. The van der Waals surface area contributed by atoms with Crippen LogP contribution in [0.5, 0.6) is 11.5 Å². The van der Waals surface area contributed by atoms with E-state index >= 15 is 0 Å². The van der Waals surface area contributed by atoms with Crippen LogP contribution in [0, 0.1) is 6.92 Å². The van der Waals surface area contributed by atoms with Crippen LogP contribution in [-0.2, 0) is 5.75 Å². The van der Waals surface area contributed by atoms with Crippen molar-refractivity contribution >= 4 is 28.1 Å². The Balaban J connectivity index is 1.45. The summed E-state index contributed by atoms with van der Waals surface area (Å²) in [5, 5.41) is 11.7. The van der Waals surface area contributed by atoms with Crippen molar-refractivity contribution in [1.82, 2.24) is 14.6 Å². The van der Waals surface area contributed by atoms with Gasteiger partial charge in [-0.05, 0) is 36.2 Å². The van der Waals surface area contributed by atoms with E-state index in [0.29, 0.717) is 6.79 Å². The molecule has 1 aliphatic rings. The summed E-state index contributed by atoms with van der Waals surface area (Å²) in [7, 11) is 0. The first-order chi connectivity index (χ1) is 12.8. The van der Waals surface area contributed by atoms with Gasteiger partial charge in [0.25, 0.3) is 0 Å². The molecule has 0 atom stereocenters. The summed E-state index contributed by atoms with van der Waals surface area (Å²) in [4.78, 5) is 0.912. The predicted molar refractivity (Wildman–Crippen MR) is 103 cm³/mol. The lowest BCUT2D eigenvalue weighted by Crippen LogP contribution is -1.93. The van der Waals surface area contributed by atoms with Crippen molar-refractivity contribution in [2.45, 2.75) is 17.8 Å². The maximum absolute atomic E-state index is 5.46. The second-order valence-corrected chi connectivity index (χ2v) is 7.85.